The highest BCUT2D eigenvalue weighted by molar-refractivity contribution is 7.47. The second-order valence-corrected chi connectivity index (χ2v) is 19.1. The molecule has 1 rings (SSSR count). The highest BCUT2D eigenvalue weighted by Crippen LogP contribution is 2.49. The fourth-order valence-electron chi connectivity index (χ4n) is 7.10. The minimum absolute atomic E-state index is 0.0260. The number of phosphoric acid groups is 2. The Morgan fingerprint density at radius 1 is 0.524 bits per heavy atom. The minimum Gasteiger partial charge on any atom is -0.462 e. The molecule has 368 valence electrons. The number of phosphoric ester groups is 2. The summed E-state index contributed by atoms with van der Waals surface area (Å²) in [5, 5.41) is 41.2. The third-order valence-electron chi connectivity index (χ3n) is 10.7. The quantitative estimate of drug-likeness (QED) is 0.0132. The van der Waals surface area contributed by atoms with Crippen LogP contribution in [0, 0.1) is 0 Å². The second kappa shape index (κ2) is 36.4. The first-order valence-corrected chi connectivity index (χ1v) is 26.6. The summed E-state index contributed by atoms with van der Waals surface area (Å²) in [6.07, 6.45) is 23.9. The number of hydrogen-bond donors (Lipinski definition) is 7. The maximum absolute atomic E-state index is 13.0. The van der Waals surface area contributed by atoms with Crippen LogP contribution in [0.25, 0.3) is 0 Å². The average molecular weight is 941 g/mol. The molecule has 0 aromatic heterocycles. The Morgan fingerprint density at radius 2 is 0.968 bits per heavy atom. The van der Waals surface area contributed by atoms with Gasteiger partial charge >= 0.3 is 27.6 Å². The van der Waals surface area contributed by atoms with Crippen LogP contribution in [0.3, 0.4) is 0 Å². The molecule has 8 unspecified atom stereocenters. The predicted octanol–water partition coefficient (Wildman–Crippen LogP) is 8.73. The predicted molar refractivity (Wildman–Crippen MR) is 241 cm³/mol. The Hall–Kier alpha value is -1.78. The van der Waals surface area contributed by atoms with Crippen molar-refractivity contribution in [2.75, 3.05) is 13.2 Å². The number of allylic oxidation sites excluding steroid dienone is 6. The Balaban J connectivity index is 2.60. The third-order valence-corrected chi connectivity index (χ3v) is 12.2. The van der Waals surface area contributed by atoms with Gasteiger partial charge in [0, 0.05) is 12.8 Å². The van der Waals surface area contributed by atoms with Crippen molar-refractivity contribution < 1.29 is 76.9 Å². The molecule has 0 aromatic rings. The van der Waals surface area contributed by atoms with E-state index in [0.29, 0.717) is 12.8 Å². The molecule has 1 aliphatic carbocycles. The van der Waals surface area contributed by atoms with Crippen LogP contribution in [0.4, 0.5) is 0 Å². The van der Waals surface area contributed by atoms with E-state index in [1.54, 1.807) is 0 Å². The van der Waals surface area contributed by atoms with Gasteiger partial charge in [0.2, 0.25) is 0 Å². The average Bonchev–Trinajstić information content (AvgIpc) is 3.23. The van der Waals surface area contributed by atoms with Crippen LogP contribution >= 0.6 is 15.6 Å². The molecule has 63 heavy (non-hydrogen) atoms. The molecule has 0 heterocycles. The first-order chi connectivity index (χ1) is 30.1. The molecule has 7 N–H and O–H groups in total. The summed E-state index contributed by atoms with van der Waals surface area (Å²) in [4.78, 5) is 54.2. The van der Waals surface area contributed by atoms with Gasteiger partial charge in [0.05, 0.1) is 6.61 Å². The Kier molecular flexibility index (Phi) is 34.2. The molecule has 18 heteroatoms. The van der Waals surface area contributed by atoms with E-state index < -0.39 is 83.5 Å². The molecule has 0 aliphatic heterocycles. The largest absolute Gasteiger partial charge is 0.472 e. The molecule has 0 spiro atoms. The van der Waals surface area contributed by atoms with E-state index in [9.17, 15) is 44.0 Å². The van der Waals surface area contributed by atoms with Gasteiger partial charge in [-0.1, -0.05) is 159 Å². The summed E-state index contributed by atoms with van der Waals surface area (Å²) < 4.78 is 49.3. The monoisotopic (exact) mass is 941 g/mol. The Morgan fingerprint density at radius 3 is 1.48 bits per heavy atom. The summed E-state index contributed by atoms with van der Waals surface area (Å²) in [6.45, 7) is 2.99. The molecule has 0 bridgehead atoms. The Bertz CT molecular complexity index is 1370. The maximum Gasteiger partial charge on any atom is 0.472 e. The van der Waals surface area contributed by atoms with Crippen LogP contribution in [0.5, 0.6) is 0 Å². The molecule has 1 saturated carbocycles. The number of aliphatic hydroxyl groups is 4. The normalized spacial score (nSPS) is 22.2. The van der Waals surface area contributed by atoms with E-state index in [2.05, 4.69) is 54.8 Å². The number of hydrogen-bond acceptors (Lipinski definition) is 13. The van der Waals surface area contributed by atoms with Crippen LogP contribution in [0.2, 0.25) is 0 Å². The van der Waals surface area contributed by atoms with Crippen LogP contribution in [-0.4, -0.2) is 103 Å². The summed E-state index contributed by atoms with van der Waals surface area (Å²) in [7, 11) is -10.7. The summed E-state index contributed by atoms with van der Waals surface area (Å²) in [6, 6.07) is 0. The molecular weight excluding hydrogens is 858 g/mol. The first kappa shape index (κ1) is 59.2. The SMILES string of the molecule is CCC=CCC=CCC=CCCCCCCCC(=O)OC(COC(=O)CCCCCCCCCCCCCCCCC)COP(=O)(O)OC1C(O)C(O)C(O)C(OP(=O)(O)O)C1O. The van der Waals surface area contributed by atoms with E-state index in [4.69, 9.17) is 28.3 Å². The minimum atomic E-state index is -5.36. The van der Waals surface area contributed by atoms with Crippen molar-refractivity contribution in [3.8, 4) is 0 Å². The fraction of sp³-hybridized carbons (Fsp3) is 0.822. The van der Waals surface area contributed by atoms with Crippen LogP contribution in [-0.2, 0) is 41.8 Å². The van der Waals surface area contributed by atoms with Crippen molar-refractivity contribution >= 4 is 27.6 Å². The van der Waals surface area contributed by atoms with Crippen molar-refractivity contribution in [1.82, 2.24) is 0 Å². The van der Waals surface area contributed by atoms with Crippen molar-refractivity contribution in [2.45, 2.75) is 224 Å². The lowest BCUT2D eigenvalue weighted by Crippen LogP contribution is -2.64. The lowest BCUT2D eigenvalue weighted by atomic mass is 9.85. The molecule has 16 nitrogen and oxygen atoms in total. The van der Waals surface area contributed by atoms with Gasteiger partial charge in [0.25, 0.3) is 0 Å². The standard InChI is InChI=1S/C45H82O16P2/c1-3-5-7-9-11-13-15-17-19-21-23-25-27-29-31-33-38(46)57-35-37(59-39(47)34-32-30-28-26-24-22-20-18-16-14-12-10-8-6-4-2)36-58-63(55,56)61-45-42(50)40(48)41(49)44(43(45)51)60-62(52,53)54/h6,8,12,14,18,20,37,40-45,48-51H,3-5,7,9-11,13,15-17,19,21-36H2,1-2H3,(H,55,56)(H2,52,53,54). The second-order valence-electron chi connectivity index (χ2n) is 16.5. The summed E-state index contributed by atoms with van der Waals surface area (Å²) >= 11 is 0. The zero-order valence-corrected chi connectivity index (χ0v) is 39.8. The lowest BCUT2D eigenvalue weighted by Gasteiger charge is -2.43. The van der Waals surface area contributed by atoms with Gasteiger partial charge in [-0.2, -0.15) is 0 Å². The maximum atomic E-state index is 13.0. The van der Waals surface area contributed by atoms with Crippen molar-refractivity contribution in [1.29, 1.82) is 0 Å². The lowest BCUT2D eigenvalue weighted by molar-refractivity contribution is -0.216. The molecule has 0 radical (unpaired) electrons. The highest BCUT2D eigenvalue weighted by Gasteiger charge is 2.54. The summed E-state index contributed by atoms with van der Waals surface area (Å²) in [5.41, 5.74) is 0. The van der Waals surface area contributed by atoms with Crippen LogP contribution in [0.15, 0.2) is 36.5 Å². The van der Waals surface area contributed by atoms with Gasteiger partial charge in [-0.3, -0.25) is 23.2 Å². The number of esters is 2. The van der Waals surface area contributed by atoms with Crippen molar-refractivity contribution in [3.05, 3.63) is 36.5 Å². The van der Waals surface area contributed by atoms with Gasteiger partial charge in [-0.05, 0) is 44.9 Å². The first-order valence-electron chi connectivity index (χ1n) is 23.5. The van der Waals surface area contributed by atoms with Gasteiger partial charge < -0.3 is 44.6 Å². The van der Waals surface area contributed by atoms with E-state index in [1.165, 1.54) is 64.2 Å². The zero-order chi connectivity index (χ0) is 46.8. The van der Waals surface area contributed by atoms with Crippen LogP contribution in [0.1, 0.15) is 181 Å². The number of carbonyl (C=O) groups is 2. The molecule has 0 aromatic carbocycles. The molecule has 1 aliphatic rings. The van der Waals surface area contributed by atoms with Gasteiger partial charge in [-0.25, -0.2) is 9.13 Å². The smallest absolute Gasteiger partial charge is 0.462 e. The summed E-state index contributed by atoms with van der Waals surface area (Å²) in [5.74, 6) is -1.22. The van der Waals surface area contributed by atoms with E-state index >= 15 is 0 Å². The van der Waals surface area contributed by atoms with Gasteiger partial charge in [0.1, 0.15) is 43.2 Å². The van der Waals surface area contributed by atoms with Crippen molar-refractivity contribution in [3.63, 3.8) is 0 Å². The molecule has 0 amide bonds. The number of unbranched alkanes of at least 4 members (excludes halogenated alkanes) is 19. The third kappa shape index (κ3) is 30.9. The van der Waals surface area contributed by atoms with E-state index in [1.807, 2.05) is 0 Å². The van der Waals surface area contributed by atoms with Gasteiger partial charge in [0.15, 0.2) is 6.10 Å². The molecule has 8 atom stereocenters. The number of ether oxygens (including phenoxy) is 2. The number of rotatable bonds is 39. The topological polar surface area (TPSA) is 256 Å². The fourth-order valence-corrected chi connectivity index (χ4v) is 8.64. The molecule has 0 saturated heterocycles. The van der Waals surface area contributed by atoms with Crippen molar-refractivity contribution in [2.24, 2.45) is 0 Å². The van der Waals surface area contributed by atoms with Gasteiger partial charge in [-0.15, -0.1) is 0 Å². The number of aliphatic hydroxyl groups excluding tert-OH is 4. The van der Waals surface area contributed by atoms with E-state index in [0.717, 1.165) is 77.0 Å². The highest BCUT2D eigenvalue weighted by atomic mass is 31.2. The molecular formula is C45H82O16P2. The zero-order valence-electron chi connectivity index (χ0n) is 38.0. The number of carbonyl (C=O) groups excluding carboxylic acids is 2. The Labute approximate surface area is 376 Å². The van der Waals surface area contributed by atoms with Crippen LogP contribution < -0.4 is 0 Å². The van der Waals surface area contributed by atoms with E-state index in [-0.39, 0.29) is 12.8 Å². The molecule has 1 fully saturated rings.